The van der Waals surface area contributed by atoms with Gasteiger partial charge in [-0.1, -0.05) is 11.6 Å². The Morgan fingerprint density at radius 2 is 2.20 bits per heavy atom. The van der Waals surface area contributed by atoms with E-state index >= 15 is 0 Å². The number of halogens is 1. The molecular weight excluding hydrogens is 214 g/mol. The maximum atomic E-state index is 5.84. The molecule has 0 unspecified atom stereocenters. The molecule has 82 valence electrons. The summed E-state index contributed by atoms with van der Waals surface area (Å²) in [4.78, 5) is 10.2. The van der Waals surface area contributed by atoms with Crippen molar-refractivity contribution in [2.75, 3.05) is 36.8 Å². The normalized spacial score (nSPS) is 17.5. The van der Waals surface area contributed by atoms with Gasteiger partial charge in [-0.2, -0.15) is 4.98 Å². The van der Waals surface area contributed by atoms with Gasteiger partial charge in [-0.15, -0.1) is 0 Å². The predicted molar refractivity (Wildman–Crippen MR) is 61.2 cm³/mol. The monoisotopic (exact) mass is 227 g/mol. The quantitative estimate of drug-likeness (QED) is 0.685. The number of anilines is 2. The van der Waals surface area contributed by atoms with E-state index < -0.39 is 0 Å². The number of aromatic nitrogens is 2. The first-order valence-electron chi connectivity index (χ1n) is 5.01. The van der Waals surface area contributed by atoms with Crippen LogP contribution in [0.3, 0.4) is 0 Å². The van der Waals surface area contributed by atoms with E-state index in [4.69, 9.17) is 17.3 Å². The van der Waals surface area contributed by atoms with Crippen molar-refractivity contribution in [2.45, 2.75) is 6.42 Å². The molecule has 2 heterocycles. The van der Waals surface area contributed by atoms with Crippen LogP contribution >= 0.6 is 11.6 Å². The lowest BCUT2D eigenvalue weighted by Gasteiger charge is -2.20. The minimum absolute atomic E-state index is 0.231. The topological polar surface area (TPSA) is 67.1 Å². The Hall–Kier alpha value is -1.07. The Morgan fingerprint density at radius 3 is 3.00 bits per heavy atom. The summed E-state index contributed by atoms with van der Waals surface area (Å²) >= 11 is 5.84. The van der Waals surface area contributed by atoms with E-state index in [1.54, 1.807) is 6.07 Å². The summed E-state index contributed by atoms with van der Waals surface area (Å²) < 4.78 is 0. The van der Waals surface area contributed by atoms with Crippen molar-refractivity contribution in [3.63, 3.8) is 0 Å². The molecule has 1 fully saturated rings. The van der Waals surface area contributed by atoms with Crippen molar-refractivity contribution in [1.29, 1.82) is 0 Å². The first-order valence-corrected chi connectivity index (χ1v) is 5.39. The number of nitrogens with zero attached hydrogens (tertiary/aromatic N) is 3. The van der Waals surface area contributed by atoms with Crippen LogP contribution in [0.15, 0.2) is 6.07 Å². The molecule has 0 atom stereocenters. The van der Waals surface area contributed by atoms with Crippen LogP contribution in [0.4, 0.5) is 11.8 Å². The number of nitrogens with two attached hydrogens (primary N) is 1. The number of rotatable bonds is 1. The van der Waals surface area contributed by atoms with Crippen molar-refractivity contribution in [2.24, 2.45) is 0 Å². The zero-order valence-electron chi connectivity index (χ0n) is 8.41. The Bertz CT molecular complexity index is 315. The summed E-state index contributed by atoms with van der Waals surface area (Å²) in [5, 5.41) is 3.72. The molecule has 0 radical (unpaired) electrons. The molecule has 0 bridgehead atoms. The Labute approximate surface area is 93.6 Å². The smallest absolute Gasteiger partial charge is 0.223 e. The van der Waals surface area contributed by atoms with Crippen LogP contribution in [0.2, 0.25) is 5.15 Å². The first kappa shape index (κ1) is 10.4. The molecule has 15 heavy (non-hydrogen) atoms. The summed E-state index contributed by atoms with van der Waals surface area (Å²) in [6.45, 7) is 3.90. The van der Waals surface area contributed by atoms with Gasteiger partial charge in [-0.05, 0) is 13.0 Å². The average Bonchev–Trinajstić information content (AvgIpc) is 2.43. The van der Waals surface area contributed by atoms with Crippen molar-refractivity contribution < 1.29 is 0 Å². The summed E-state index contributed by atoms with van der Waals surface area (Å²) in [6, 6.07) is 1.75. The Kier molecular flexibility index (Phi) is 3.23. The first-order chi connectivity index (χ1) is 7.25. The van der Waals surface area contributed by atoms with E-state index in [-0.39, 0.29) is 5.95 Å². The average molecular weight is 228 g/mol. The van der Waals surface area contributed by atoms with E-state index in [2.05, 4.69) is 20.2 Å². The van der Waals surface area contributed by atoms with Gasteiger partial charge in [-0.25, -0.2) is 4.98 Å². The third-order valence-corrected chi connectivity index (χ3v) is 2.56. The number of hydrogen-bond donors (Lipinski definition) is 2. The molecule has 0 saturated carbocycles. The molecule has 0 aromatic carbocycles. The Balaban J connectivity index is 2.19. The third-order valence-electron chi connectivity index (χ3n) is 2.36. The number of hydrogen-bond acceptors (Lipinski definition) is 5. The molecule has 5 nitrogen and oxygen atoms in total. The maximum Gasteiger partial charge on any atom is 0.223 e. The van der Waals surface area contributed by atoms with Gasteiger partial charge >= 0.3 is 0 Å². The Morgan fingerprint density at radius 1 is 1.33 bits per heavy atom. The standard InChI is InChI=1S/C9H14ClN5/c10-7-6-8(14-9(11)13-7)15-4-1-2-12-3-5-15/h6,12H,1-5H2,(H2,11,13,14). The van der Waals surface area contributed by atoms with Crippen LogP contribution in [0.25, 0.3) is 0 Å². The second-order valence-corrected chi connectivity index (χ2v) is 3.88. The predicted octanol–water partition coefficient (Wildman–Crippen LogP) is 0.512. The van der Waals surface area contributed by atoms with Gasteiger partial charge in [-0.3, -0.25) is 0 Å². The molecule has 2 rings (SSSR count). The molecule has 1 aliphatic heterocycles. The molecule has 1 aliphatic rings. The second kappa shape index (κ2) is 4.63. The summed E-state index contributed by atoms with van der Waals surface area (Å²) in [7, 11) is 0. The van der Waals surface area contributed by atoms with Crippen molar-refractivity contribution in [3.05, 3.63) is 11.2 Å². The highest BCUT2D eigenvalue weighted by Gasteiger charge is 2.12. The van der Waals surface area contributed by atoms with Crippen molar-refractivity contribution >= 4 is 23.4 Å². The molecule has 0 aliphatic carbocycles. The van der Waals surface area contributed by atoms with Gasteiger partial charge in [0.15, 0.2) is 0 Å². The molecular formula is C9H14ClN5. The molecule has 1 aromatic rings. The van der Waals surface area contributed by atoms with Gasteiger partial charge in [0.25, 0.3) is 0 Å². The summed E-state index contributed by atoms with van der Waals surface area (Å²) in [5.41, 5.74) is 5.56. The number of nitrogen functional groups attached to an aromatic ring is 1. The maximum absolute atomic E-state index is 5.84. The molecule has 0 amide bonds. The zero-order chi connectivity index (χ0) is 10.7. The fraction of sp³-hybridized carbons (Fsp3) is 0.556. The van der Waals surface area contributed by atoms with Gasteiger partial charge < -0.3 is 16.0 Å². The second-order valence-electron chi connectivity index (χ2n) is 3.50. The fourth-order valence-corrected chi connectivity index (χ4v) is 1.84. The highest BCUT2D eigenvalue weighted by molar-refractivity contribution is 6.29. The van der Waals surface area contributed by atoms with Crippen LogP contribution in [-0.2, 0) is 0 Å². The van der Waals surface area contributed by atoms with Gasteiger partial charge in [0.1, 0.15) is 11.0 Å². The van der Waals surface area contributed by atoms with Crippen LogP contribution in [0, 0.1) is 0 Å². The van der Waals surface area contributed by atoms with Crippen LogP contribution in [0.5, 0.6) is 0 Å². The highest BCUT2D eigenvalue weighted by Crippen LogP contribution is 2.17. The van der Waals surface area contributed by atoms with E-state index in [0.29, 0.717) is 5.15 Å². The largest absolute Gasteiger partial charge is 0.368 e. The lowest BCUT2D eigenvalue weighted by molar-refractivity contribution is 0.724. The van der Waals surface area contributed by atoms with Gasteiger partial charge in [0.2, 0.25) is 5.95 Å². The van der Waals surface area contributed by atoms with E-state index in [1.807, 2.05) is 0 Å². The SMILES string of the molecule is Nc1nc(Cl)cc(N2CCCNCC2)n1. The molecule has 1 aromatic heterocycles. The van der Waals surface area contributed by atoms with Gasteiger partial charge in [0.05, 0.1) is 0 Å². The minimum atomic E-state index is 0.231. The van der Waals surface area contributed by atoms with E-state index in [0.717, 1.165) is 38.4 Å². The molecule has 1 saturated heterocycles. The zero-order valence-corrected chi connectivity index (χ0v) is 9.17. The van der Waals surface area contributed by atoms with Gasteiger partial charge in [0, 0.05) is 25.7 Å². The number of nitrogens with one attached hydrogen (secondary N) is 1. The highest BCUT2D eigenvalue weighted by atomic mass is 35.5. The fourth-order valence-electron chi connectivity index (χ4n) is 1.66. The lowest BCUT2D eigenvalue weighted by atomic mass is 10.4. The molecule has 0 spiro atoms. The third kappa shape index (κ3) is 2.70. The summed E-state index contributed by atoms with van der Waals surface area (Å²) in [6.07, 6.45) is 1.10. The minimum Gasteiger partial charge on any atom is -0.368 e. The van der Waals surface area contributed by atoms with E-state index in [9.17, 15) is 0 Å². The van der Waals surface area contributed by atoms with Crippen LogP contribution in [-0.4, -0.2) is 36.1 Å². The summed E-state index contributed by atoms with van der Waals surface area (Å²) in [5.74, 6) is 1.05. The van der Waals surface area contributed by atoms with E-state index in [1.165, 1.54) is 0 Å². The van der Waals surface area contributed by atoms with Crippen molar-refractivity contribution in [1.82, 2.24) is 15.3 Å². The molecule has 3 N–H and O–H groups in total. The van der Waals surface area contributed by atoms with Crippen LogP contribution in [0.1, 0.15) is 6.42 Å². The lowest BCUT2D eigenvalue weighted by Crippen LogP contribution is -2.28. The van der Waals surface area contributed by atoms with Crippen molar-refractivity contribution in [3.8, 4) is 0 Å². The van der Waals surface area contributed by atoms with Crippen LogP contribution < -0.4 is 16.0 Å². The molecule has 6 heteroatoms.